The van der Waals surface area contributed by atoms with Gasteiger partial charge in [0.05, 0.1) is 11.9 Å². The molecule has 3 heterocycles. The standard InChI is InChI=1S/C11H8ClN5O2S/c1-20(18,19)11-14-4-7(5-15-11)8-6-13-10-3-2-9(12)16-17(8)10/h2-6H,1H3. The molecule has 102 valence electrons. The molecule has 9 heteroatoms. The van der Waals surface area contributed by atoms with E-state index in [1.54, 1.807) is 22.8 Å². The molecular weight excluding hydrogens is 302 g/mol. The summed E-state index contributed by atoms with van der Waals surface area (Å²) in [7, 11) is -3.42. The van der Waals surface area contributed by atoms with Crippen LogP contribution in [0.2, 0.25) is 5.15 Å². The first-order valence-corrected chi connectivity index (χ1v) is 7.75. The third-order valence-electron chi connectivity index (χ3n) is 2.59. The number of fused-ring (bicyclic) bond motifs is 1. The summed E-state index contributed by atoms with van der Waals surface area (Å²) in [5.41, 5.74) is 1.85. The van der Waals surface area contributed by atoms with E-state index >= 15 is 0 Å². The smallest absolute Gasteiger partial charge is 0.235 e. The summed E-state index contributed by atoms with van der Waals surface area (Å²) < 4.78 is 24.2. The molecule has 20 heavy (non-hydrogen) atoms. The van der Waals surface area contributed by atoms with Crippen LogP contribution in [0.4, 0.5) is 0 Å². The molecule has 0 spiro atoms. The van der Waals surface area contributed by atoms with Crippen LogP contribution in [0.1, 0.15) is 0 Å². The molecule has 0 saturated carbocycles. The first-order valence-electron chi connectivity index (χ1n) is 5.48. The van der Waals surface area contributed by atoms with Gasteiger partial charge in [-0.3, -0.25) is 0 Å². The van der Waals surface area contributed by atoms with Gasteiger partial charge in [0, 0.05) is 24.2 Å². The minimum absolute atomic E-state index is 0.221. The van der Waals surface area contributed by atoms with E-state index in [4.69, 9.17) is 11.6 Å². The van der Waals surface area contributed by atoms with Crippen LogP contribution < -0.4 is 0 Å². The van der Waals surface area contributed by atoms with Crippen LogP contribution >= 0.6 is 11.6 Å². The molecule has 3 aromatic rings. The quantitative estimate of drug-likeness (QED) is 0.662. The Hall–Kier alpha value is -2.06. The lowest BCUT2D eigenvalue weighted by Crippen LogP contribution is -2.04. The molecule has 3 aromatic heterocycles. The lowest BCUT2D eigenvalue weighted by atomic mass is 10.3. The molecule has 0 aliphatic heterocycles. The SMILES string of the molecule is CS(=O)(=O)c1ncc(-c2cnc3ccc(Cl)nn23)cn1. The number of hydrogen-bond donors (Lipinski definition) is 0. The maximum absolute atomic E-state index is 11.3. The van der Waals surface area contributed by atoms with Crippen molar-refractivity contribution in [3.8, 4) is 11.3 Å². The van der Waals surface area contributed by atoms with Crippen LogP contribution in [0.5, 0.6) is 0 Å². The second-order valence-corrected chi connectivity index (χ2v) is 6.39. The third-order valence-corrected chi connectivity index (χ3v) is 3.66. The Kier molecular flexibility index (Phi) is 2.91. The van der Waals surface area contributed by atoms with Gasteiger partial charge in [-0.15, -0.1) is 0 Å². The Bertz CT molecular complexity index is 889. The van der Waals surface area contributed by atoms with Crippen molar-refractivity contribution in [2.24, 2.45) is 0 Å². The molecule has 7 nitrogen and oxygen atoms in total. The fraction of sp³-hybridized carbons (Fsp3) is 0.0909. The van der Waals surface area contributed by atoms with E-state index < -0.39 is 9.84 Å². The summed E-state index contributed by atoms with van der Waals surface area (Å²) in [5.74, 6) is 0. The first-order chi connectivity index (χ1) is 9.45. The Morgan fingerprint density at radius 1 is 1.10 bits per heavy atom. The van der Waals surface area contributed by atoms with E-state index in [9.17, 15) is 8.42 Å². The summed E-state index contributed by atoms with van der Waals surface area (Å²) in [4.78, 5) is 11.8. The molecule has 0 aromatic carbocycles. The fourth-order valence-corrected chi connectivity index (χ4v) is 2.31. The lowest BCUT2D eigenvalue weighted by molar-refractivity contribution is 0.593. The fourth-order valence-electron chi connectivity index (χ4n) is 1.69. The van der Waals surface area contributed by atoms with Gasteiger partial charge < -0.3 is 0 Å². The zero-order valence-electron chi connectivity index (χ0n) is 10.2. The van der Waals surface area contributed by atoms with Crippen molar-refractivity contribution in [3.05, 3.63) is 35.9 Å². The Morgan fingerprint density at radius 3 is 2.45 bits per heavy atom. The maximum Gasteiger partial charge on any atom is 0.246 e. The van der Waals surface area contributed by atoms with E-state index in [0.717, 1.165) is 6.26 Å². The predicted molar refractivity (Wildman–Crippen MR) is 72.1 cm³/mol. The van der Waals surface area contributed by atoms with E-state index in [-0.39, 0.29) is 5.16 Å². The van der Waals surface area contributed by atoms with E-state index in [2.05, 4.69) is 20.1 Å². The number of nitrogens with zero attached hydrogens (tertiary/aromatic N) is 5. The normalized spacial score (nSPS) is 11.9. The van der Waals surface area contributed by atoms with E-state index in [1.807, 2.05) is 0 Å². The summed E-state index contributed by atoms with van der Waals surface area (Å²) in [6, 6.07) is 3.36. The zero-order valence-corrected chi connectivity index (χ0v) is 11.8. The molecule has 0 bridgehead atoms. The summed E-state index contributed by atoms with van der Waals surface area (Å²) in [6.45, 7) is 0. The van der Waals surface area contributed by atoms with Crippen LogP contribution in [0.25, 0.3) is 16.9 Å². The summed E-state index contributed by atoms with van der Waals surface area (Å²) >= 11 is 5.85. The number of hydrogen-bond acceptors (Lipinski definition) is 6. The van der Waals surface area contributed by atoms with Gasteiger partial charge in [-0.05, 0) is 12.1 Å². The highest BCUT2D eigenvalue weighted by molar-refractivity contribution is 7.90. The number of imidazole rings is 1. The highest BCUT2D eigenvalue weighted by atomic mass is 35.5. The number of sulfone groups is 1. The first kappa shape index (κ1) is 12.9. The second-order valence-electron chi connectivity index (χ2n) is 4.10. The molecule has 0 aliphatic rings. The van der Waals surface area contributed by atoms with Gasteiger partial charge in [0.1, 0.15) is 5.15 Å². The van der Waals surface area contributed by atoms with Crippen LogP contribution in [0.15, 0.2) is 35.9 Å². The topological polar surface area (TPSA) is 90.1 Å². The Balaban J connectivity index is 2.14. The molecule has 0 atom stereocenters. The molecular formula is C11H8ClN5O2S. The maximum atomic E-state index is 11.3. The van der Waals surface area contributed by atoms with Gasteiger partial charge >= 0.3 is 0 Å². The number of halogens is 1. The van der Waals surface area contributed by atoms with Crippen molar-refractivity contribution < 1.29 is 8.42 Å². The van der Waals surface area contributed by atoms with Gasteiger partial charge in [-0.1, -0.05) is 11.6 Å². The zero-order chi connectivity index (χ0) is 14.3. The third kappa shape index (κ3) is 2.23. The molecule has 0 amide bonds. The average Bonchev–Trinajstić information content (AvgIpc) is 2.81. The lowest BCUT2D eigenvalue weighted by Gasteiger charge is -2.01. The molecule has 0 N–H and O–H groups in total. The minimum Gasteiger partial charge on any atom is -0.235 e. The van der Waals surface area contributed by atoms with Crippen LogP contribution in [-0.2, 0) is 9.84 Å². The molecule has 0 saturated heterocycles. The molecule has 0 aliphatic carbocycles. The molecule has 0 unspecified atom stereocenters. The van der Waals surface area contributed by atoms with Crippen molar-refractivity contribution >= 4 is 27.1 Å². The monoisotopic (exact) mass is 309 g/mol. The van der Waals surface area contributed by atoms with Crippen molar-refractivity contribution in [1.82, 2.24) is 24.6 Å². The minimum atomic E-state index is -3.42. The molecule has 0 fully saturated rings. The van der Waals surface area contributed by atoms with Gasteiger partial charge in [-0.2, -0.15) is 5.10 Å². The Morgan fingerprint density at radius 2 is 1.80 bits per heavy atom. The van der Waals surface area contributed by atoms with Crippen LogP contribution in [-0.4, -0.2) is 39.2 Å². The van der Waals surface area contributed by atoms with Gasteiger partial charge in [0.15, 0.2) is 5.65 Å². The van der Waals surface area contributed by atoms with E-state index in [0.29, 0.717) is 22.1 Å². The highest BCUT2D eigenvalue weighted by Gasteiger charge is 2.13. The molecule has 0 radical (unpaired) electrons. The van der Waals surface area contributed by atoms with Gasteiger partial charge in [0.2, 0.25) is 15.0 Å². The van der Waals surface area contributed by atoms with Crippen molar-refractivity contribution in [1.29, 1.82) is 0 Å². The van der Waals surface area contributed by atoms with Gasteiger partial charge in [-0.25, -0.2) is 27.9 Å². The average molecular weight is 310 g/mol. The molecule has 3 rings (SSSR count). The van der Waals surface area contributed by atoms with Crippen LogP contribution in [0, 0.1) is 0 Å². The van der Waals surface area contributed by atoms with Crippen molar-refractivity contribution in [2.45, 2.75) is 5.16 Å². The summed E-state index contributed by atoms with van der Waals surface area (Å²) in [6.07, 6.45) is 5.47. The predicted octanol–water partition coefficient (Wildman–Crippen LogP) is 1.24. The van der Waals surface area contributed by atoms with Crippen molar-refractivity contribution in [3.63, 3.8) is 0 Å². The van der Waals surface area contributed by atoms with Crippen LogP contribution in [0.3, 0.4) is 0 Å². The van der Waals surface area contributed by atoms with E-state index in [1.165, 1.54) is 12.4 Å². The Labute approximate surface area is 119 Å². The van der Waals surface area contributed by atoms with Crippen molar-refractivity contribution in [2.75, 3.05) is 6.26 Å². The van der Waals surface area contributed by atoms with Gasteiger partial charge in [0.25, 0.3) is 0 Å². The highest BCUT2D eigenvalue weighted by Crippen LogP contribution is 2.19. The second kappa shape index (κ2) is 4.50. The number of rotatable bonds is 2. The summed E-state index contributed by atoms with van der Waals surface area (Å²) in [5, 5.41) is 4.23. The largest absolute Gasteiger partial charge is 0.246 e. The number of aromatic nitrogens is 5.